The van der Waals surface area contributed by atoms with Crippen molar-refractivity contribution in [1.82, 2.24) is 0 Å². The lowest BCUT2D eigenvalue weighted by atomic mass is 9.83. The second-order valence-electron chi connectivity index (χ2n) is 7.63. The number of hydrogen-bond acceptors (Lipinski definition) is 3. The number of rotatable bonds is 9. The van der Waals surface area contributed by atoms with E-state index in [0.717, 1.165) is 28.4 Å². The Kier molecular flexibility index (Phi) is 7.31. The summed E-state index contributed by atoms with van der Waals surface area (Å²) in [5.74, 6) is 2.55. The molecule has 0 bridgehead atoms. The van der Waals surface area contributed by atoms with E-state index in [9.17, 15) is 5.11 Å². The van der Waals surface area contributed by atoms with Crippen LogP contribution in [0.15, 0.2) is 78.9 Å². The summed E-state index contributed by atoms with van der Waals surface area (Å²) < 4.78 is 11.9. The van der Waals surface area contributed by atoms with Crippen LogP contribution in [-0.2, 0) is 0 Å². The van der Waals surface area contributed by atoms with Crippen LogP contribution in [0.25, 0.3) is 0 Å². The number of aliphatic hydroxyl groups is 1. The van der Waals surface area contributed by atoms with E-state index in [1.807, 2.05) is 79.7 Å². The first kappa shape index (κ1) is 20.9. The molecule has 152 valence electrons. The van der Waals surface area contributed by atoms with Gasteiger partial charge in [-0.1, -0.05) is 62.4 Å². The SMILES string of the molecule is CCOc1ccccc1C(c1cccc(Oc2ccccc2)c1)C(O)CC(C)C. The van der Waals surface area contributed by atoms with Crippen molar-refractivity contribution < 1.29 is 14.6 Å². The lowest BCUT2D eigenvalue weighted by molar-refractivity contribution is 0.130. The van der Waals surface area contributed by atoms with Gasteiger partial charge < -0.3 is 14.6 Å². The fourth-order valence-corrected chi connectivity index (χ4v) is 3.65. The summed E-state index contributed by atoms with van der Waals surface area (Å²) in [6, 6.07) is 25.7. The molecule has 0 radical (unpaired) electrons. The Morgan fingerprint density at radius 3 is 2.24 bits per heavy atom. The van der Waals surface area contributed by atoms with Gasteiger partial charge in [-0.15, -0.1) is 0 Å². The summed E-state index contributed by atoms with van der Waals surface area (Å²) in [6.07, 6.45) is 0.179. The normalized spacial score (nSPS) is 13.1. The first-order chi connectivity index (χ1) is 14.1. The molecular formula is C26H30O3. The first-order valence-electron chi connectivity index (χ1n) is 10.3. The second kappa shape index (κ2) is 10.1. The van der Waals surface area contributed by atoms with E-state index in [2.05, 4.69) is 19.9 Å². The van der Waals surface area contributed by atoms with Crippen molar-refractivity contribution in [2.24, 2.45) is 5.92 Å². The van der Waals surface area contributed by atoms with Crippen molar-refractivity contribution in [2.75, 3.05) is 6.61 Å². The molecule has 0 aliphatic carbocycles. The Balaban J connectivity index is 1.99. The van der Waals surface area contributed by atoms with Gasteiger partial charge in [0.05, 0.1) is 12.7 Å². The topological polar surface area (TPSA) is 38.7 Å². The van der Waals surface area contributed by atoms with Crippen molar-refractivity contribution in [3.8, 4) is 17.2 Å². The fraction of sp³-hybridized carbons (Fsp3) is 0.308. The maximum atomic E-state index is 11.2. The Labute approximate surface area is 173 Å². The molecule has 1 N–H and O–H groups in total. The van der Waals surface area contributed by atoms with Crippen LogP contribution in [0.2, 0.25) is 0 Å². The van der Waals surface area contributed by atoms with Crippen molar-refractivity contribution in [1.29, 1.82) is 0 Å². The third-order valence-corrected chi connectivity index (χ3v) is 4.85. The standard InChI is InChI=1S/C26H30O3/c1-4-28-25-16-9-8-15-23(25)26(24(27)17-19(2)3)20-11-10-14-22(18-20)29-21-12-6-5-7-13-21/h5-16,18-19,24,26-27H,4,17H2,1-3H3. The summed E-state index contributed by atoms with van der Waals surface area (Å²) in [6.45, 7) is 6.82. The average Bonchev–Trinajstić information content (AvgIpc) is 2.70. The molecule has 3 aromatic carbocycles. The summed E-state index contributed by atoms with van der Waals surface area (Å²) in [5.41, 5.74) is 2.01. The molecule has 0 saturated carbocycles. The summed E-state index contributed by atoms with van der Waals surface area (Å²) >= 11 is 0. The van der Waals surface area contributed by atoms with Crippen LogP contribution in [0.1, 0.15) is 44.2 Å². The Hall–Kier alpha value is -2.78. The van der Waals surface area contributed by atoms with Gasteiger partial charge in [0.1, 0.15) is 17.2 Å². The van der Waals surface area contributed by atoms with Crippen molar-refractivity contribution in [2.45, 2.75) is 39.2 Å². The average molecular weight is 391 g/mol. The van der Waals surface area contributed by atoms with Crippen LogP contribution in [-0.4, -0.2) is 17.8 Å². The smallest absolute Gasteiger partial charge is 0.127 e. The molecule has 0 fully saturated rings. The number of hydrogen-bond donors (Lipinski definition) is 1. The Bertz CT molecular complexity index is 889. The molecule has 2 atom stereocenters. The van der Waals surface area contributed by atoms with E-state index in [1.54, 1.807) is 0 Å². The highest BCUT2D eigenvalue weighted by molar-refractivity contribution is 5.45. The van der Waals surface area contributed by atoms with Gasteiger partial charge in [-0.05, 0) is 55.2 Å². The quantitative estimate of drug-likeness (QED) is 0.458. The molecule has 0 saturated heterocycles. The van der Waals surface area contributed by atoms with Gasteiger partial charge in [0.2, 0.25) is 0 Å². The Morgan fingerprint density at radius 1 is 0.828 bits per heavy atom. The van der Waals surface area contributed by atoms with Crippen molar-refractivity contribution in [3.05, 3.63) is 90.0 Å². The molecule has 0 aliphatic heterocycles. The molecule has 0 heterocycles. The van der Waals surface area contributed by atoms with Gasteiger partial charge in [-0.3, -0.25) is 0 Å². The van der Waals surface area contributed by atoms with E-state index in [-0.39, 0.29) is 5.92 Å². The van der Waals surface area contributed by atoms with Gasteiger partial charge in [-0.2, -0.15) is 0 Å². The minimum atomic E-state index is -0.524. The fourth-order valence-electron chi connectivity index (χ4n) is 3.65. The summed E-state index contributed by atoms with van der Waals surface area (Å²) in [4.78, 5) is 0. The molecule has 3 heteroatoms. The van der Waals surface area contributed by atoms with Crippen LogP contribution < -0.4 is 9.47 Å². The number of ether oxygens (including phenoxy) is 2. The highest BCUT2D eigenvalue weighted by Gasteiger charge is 2.27. The van der Waals surface area contributed by atoms with E-state index in [0.29, 0.717) is 18.9 Å². The van der Waals surface area contributed by atoms with Gasteiger partial charge in [-0.25, -0.2) is 0 Å². The molecule has 29 heavy (non-hydrogen) atoms. The summed E-state index contributed by atoms with van der Waals surface area (Å²) in [7, 11) is 0. The van der Waals surface area contributed by atoms with E-state index < -0.39 is 6.10 Å². The van der Waals surface area contributed by atoms with Gasteiger partial charge >= 0.3 is 0 Å². The zero-order valence-electron chi connectivity index (χ0n) is 17.4. The van der Waals surface area contributed by atoms with Crippen LogP contribution in [0, 0.1) is 5.92 Å². The highest BCUT2D eigenvalue weighted by atomic mass is 16.5. The van der Waals surface area contributed by atoms with Crippen molar-refractivity contribution in [3.63, 3.8) is 0 Å². The number of benzene rings is 3. The lowest BCUT2D eigenvalue weighted by Crippen LogP contribution is -2.22. The van der Waals surface area contributed by atoms with E-state index in [4.69, 9.17) is 9.47 Å². The molecular weight excluding hydrogens is 360 g/mol. The molecule has 0 spiro atoms. The molecule has 0 aromatic heterocycles. The molecule has 3 nitrogen and oxygen atoms in total. The number of aliphatic hydroxyl groups excluding tert-OH is 1. The van der Waals surface area contributed by atoms with Gasteiger partial charge in [0, 0.05) is 11.5 Å². The minimum Gasteiger partial charge on any atom is -0.494 e. The molecule has 3 aromatic rings. The zero-order chi connectivity index (χ0) is 20.6. The van der Waals surface area contributed by atoms with Crippen LogP contribution >= 0.6 is 0 Å². The molecule has 0 aliphatic rings. The molecule has 3 rings (SSSR count). The van der Waals surface area contributed by atoms with Crippen LogP contribution in [0.3, 0.4) is 0 Å². The maximum Gasteiger partial charge on any atom is 0.127 e. The predicted octanol–water partition coefficient (Wildman–Crippen LogP) is 6.42. The van der Waals surface area contributed by atoms with Crippen LogP contribution in [0.5, 0.6) is 17.2 Å². The van der Waals surface area contributed by atoms with Crippen LogP contribution in [0.4, 0.5) is 0 Å². The Morgan fingerprint density at radius 2 is 1.52 bits per heavy atom. The molecule has 0 amide bonds. The van der Waals surface area contributed by atoms with Gasteiger partial charge in [0.15, 0.2) is 0 Å². The third kappa shape index (κ3) is 5.61. The second-order valence-corrected chi connectivity index (χ2v) is 7.63. The highest BCUT2D eigenvalue weighted by Crippen LogP contribution is 2.38. The maximum absolute atomic E-state index is 11.2. The lowest BCUT2D eigenvalue weighted by Gasteiger charge is -2.27. The van der Waals surface area contributed by atoms with Gasteiger partial charge in [0.25, 0.3) is 0 Å². The van der Waals surface area contributed by atoms with E-state index in [1.165, 1.54) is 0 Å². The molecule has 2 unspecified atom stereocenters. The van der Waals surface area contributed by atoms with Crippen molar-refractivity contribution >= 4 is 0 Å². The largest absolute Gasteiger partial charge is 0.494 e. The third-order valence-electron chi connectivity index (χ3n) is 4.85. The summed E-state index contributed by atoms with van der Waals surface area (Å²) in [5, 5.41) is 11.2. The minimum absolute atomic E-state index is 0.195. The monoisotopic (exact) mass is 390 g/mol. The number of para-hydroxylation sites is 2. The predicted molar refractivity (Wildman–Crippen MR) is 118 cm³/mol. The zero-order valence-corrected chi connectivity index (χ0v) is 17.4. The van der Waals surface area contributed by atoms with E-state index >= 15 is 0 Å². The first-order valence-corrected chi connectivity index (χ1v) is 10.3.